The second kappa shape index (κ2) is 8.83. The lowest BCUT2D eigenvalue weighted by molar-refractivity contribution is 0.342. The average molecular weight is 350 g/mol. The predicted octanol–water partition coefficient (Wildman–Crippen LogP) is 3.89. The third kappa shape index (κ3) is 5.20. The molecule has 2 N–H and O–H groups in total. The van der Waals surface area contributed by atoms with E-state index in [0.29, 0.717) is 18.0 Å². The van der Waals surface area contributed by atoms with Gasteiger partial charge >= 0.3 is 0 Å². The van der Waals surface area contributed by atoms with Gasteiger partial charge in [0.05, 0.1) is 11.9 Å². The summed E-state index contributed by atoms with van der Waals surface area (Å²) in [6.45, 7) is 5.75. The van der Waals surface area contributed by atoms with Gasteiger partial charge in [0.1, 0.15) is 12.4 Å². The fraction of sp³-hybridized carbons (Fsp3) is 0.188. The lowest BCUT2D eigenvalue weighted by atomic mass is 10.3. The Balaban J connectivity index is 1.99. The van der Waals surface area contributed by atoms with E-state index in [9.17, 15) is 4.39 Å². The maximum absolute atomic E-state index is 13.6. The molecular formula is C16H17ClFN5O. The first-order chi connectivity index (χ1) is 11.6. The molecule has 2 rings (SSSR count). The lowest BCUT2D eigenvalue weighted by Crippen LogP contribution is -2.13. The summed E-state index contributed by atoms with van der Waals surface area (Å²) in [4.78, 5) is 7.36. The monoisotopic (exact) mass is 349 g/mol. The number of aromatic nitrogens is 2. The highest BCUT2D eigenvalue weighted by molar-refractivity contribution is 6.28. The first-order valence-corrected chi connectivity index (χ1v) is 7.59. The summed E-state index contributed by atoms with van der Waals surface area (Å²) >= 11 is 5.66. The van der Waals surface area contributed by atoms with Crippen LogP contribution in [0.4, 0.5) is 15.9 Å². The number of anilines is 2. The van der Waals surface area contributed by atoms with Crippen LogP contribution in [0.15, 0.2) is 47.3 Å². The molecular weight excluding hydrogens is 333 g/mol. The number of rotatable bonds is 8. The first-order valence-electron chi connectivity index (χ1n) is 7.21. The van der Waals surface area contributed by atoms with Crippen molar-refractivity contribution in [1.82, 2.24) is 15.4 Å². The summed E-state index contributed by atoms with van der Waals surface area (Å²) in [7, 11) is 0. The molecule has 126 valence electrons. The molecule has 0 radical (unpaired) electrons. The Labute approximate surface area is 144 Å². The molecule has 0 unspecified atom stereocenters. The minimum Gasteiger partial charge on any atom is -0.487 e. The van der Waals surface area contributed by atoms with Gasteiger partial charge in [0.25, 0.3) is 0 Å². The largest absolute Gasteiger partial charge is 0.487 e. The molecule has 0 aliphatic heterocycles. The van der Waals surface area contributed by atoms with Crippen LogP contribution in [0.1, 0.15) is 13.3 Å². The number of hydrogen-bond donors (Lipinski definition) is 2. The highest BCUT2D eigenvalue weighted by Crippen LogP contribution is 2.21. The lowest BCUT2D eigenvalue weighted by Gasteiger charge is -2.11. The Morgan fingerprint density at radius 3 is 2.83 bits per heavy atom. The van der Waals surface area contributed by atoms with Gasteiger partial charge in [0.2, 0.25) is 5.28 Å². The van der Waals surface area contributed by atoms with E-state index < -0.39 is 5.82 Å². The van der Waals surface area contributed by atoms with E-state index >= 15 is 0 Å². The first kappa shape index (κ1) is 17.7. The van der Waals surface area contributed by atoms with Crippen LogP contribution in [0, 0.1) is 5.82 Å². The van der Waals surface area contributed by atoms with Gasteiger partial charge in [-0.1, -0.05) is 13.0 Å². The van der Waals surface area contributed by atoms with Crippen molar-refractivity contribution in [3.63, 3.8) is 0 Å². The van der Waals surface area contributed by atoms with E-state index in [-0.39, 0.29) is 11.1 Å². The van der Waals surface area contributed by atoms with Crippen LogP contribution in [0.25, 0.3) is 0 Å². The molecule has 1 aromatic heterocycles. The fourth-order valence-corrected chi connectivity index (χ4v) is 1.98. The van der Waals surface area contributed by atoms with Gasteiger partial charge in [-0.3, -0.25) is 5.43 Å². The summed E-state index contributed by atoms with van der Waals surface area (Å²) in [5, 5.41) is 6.43. The Hall–Kier alpha value is -2.67. The summed E-state index contributed by atoms with van der Waals surface area (Å²) in [6, 6.07) is 7.00. The third-order valence-corrected chi connectivity index (χ3v) is 3.08. The number of nitrogens with one attached hydrogen (secondary N) is 2. The van der Waals surface area contributed by atoms with E-state index in [4.69, 9.17) is 16.3 Å². The summed E-state index contributed by atoms with van der Waals surface area (Å²) in [5.74, 6) is 0.0877. The van der Waals surface area contributed by atoms with E-state index in [0.717, 1.165) is 18.3 Å². The number of halogens is 2. The summed E-state index contributed by atoms with van der Waals surface area (Å²) in [6.07, 6.45) is 3.83. The maximum Gasteiger partial charge on any atom is 0.224 e. The van der Waals surface area contributed by atoms with Crippen molar-refractivity contribution < 1.29 is 9.13 Å². The molecule has 6 nitrogen and oxygen atoms in total. The van der Waals surface area contributed by atoms with Crippen molar-refractivity contribution in [2.75, 3.05) is 11.9 Å². The molecule has 0 atom stereocenters. The van der Waals surface area contributed by atoms with Crippen LogP contribution in [-0.2, 0) is 0 Å². The van der Waals surface area contributed by atoms with Crippen molar-refractivity contribution in [1.29, 1.82) is 0 Å². The molecule has 0 saturated heterocycles. The smallest absolute Gasteiger partial charge is 0.224 e. The quantitative estimate of drug-likeness (QED) is 0.430. The summed E-state index contributed by atoms with van der Waals surface area (Å²) in [5.41, 5.74) is 4.25. The normalized spacial score (nSPS) is 11.0. The molecule has 0 spiro atoms. The maximum atomic E-state index is 13.6. The number of ether oxygens (including phenoxy) is 1. The van der Waals surface area contributed by atoms with Gasteiger partial charge in [-0.15, -0.1) is 0 Å². The van der Waals surface area contributed by atoms with Crippen molar-refractivity contribution in [2.24, 2.45) is 5.10 Å². The van der Waals surface area contributed by atoms with Crippen LogP contribution in [0.3, 0.4) is 0 Å². The van der Waals surface area contributed by atoms with Gasteiger partial charge < -0.3 is 10.1 Å². The molecule has 0 aliphatic carbocycles. The highest BCUT2D eigenvalue weighted by Gasteiger charge is 2.06. The second-order valence-electron chi connectivity index (χ2n) is 4.68. The third-order valence-electron chi connectivity index (χ3n) is 2.90. The number of hydrogen-bond acceptors (Lipinski definition) is 6. The van der Waals surface area contributed by atoms with E-state index in [1.165, 1.54) is 0 Å². The van der Waals surface area contributed by atoms with Crippen molar-refractivity contribution in [3.05, 3.63) is 53.3 Å². The van der Waals surface area contributed by atoms with E-state index in [1.54, 1.807) is 24.3 Å². The van der Waals surface area contributed by atoms with Crippen LogP contribution in [0.2, 0.25) is 5.28 Å². The molecule has 2 aromatic rings. The molecule has 1 heterocycles. The van der Waals surface area contributed by atoms with Crippen LogP contribution in [0.5, 0.6) is 5.75 Å². The van der Waals surface area contributed by atoms with Crippen LogP contribution < -0.4 is 15.5 Å². The molecule has 0 aliphatic rings. The number of allylic oxidation sites excluding steroid dienone is 1. The molecule has 1 aromatic carbocycles. The molecule has 0 saturated carbocycles. The van der Waals surface area contributed by atoms with Crippen molar-refractivity contribution in [3.8, 4) is 5.75 Å². The Morgan fingerprint density at radius 1 is 1.42 bits per heavy atom. The Kier molecular flexibility index (Phi) is 6.51. The zero-order valence-electron chi connectivity index (χ0n) is 13.1. The Morgan fingerprint density at radius 2 is 2.17 bits per heavy atom. The predicted molar refractivity (Wildman–Crippen MR) is 93.3 cm³/mol. The van der Waals surface area contributed by atoms with Gasteiger partial charge in [-0.05, 0) is 42.3 Å². The average Bonchev–Trinajstić information content (AvgIpc) is 2.58. The zero-order valence-corrected chi connectivity index (χ0v) is 13.8. The minimum atomic E-state index is -0.586. The standard InChI is InChI=1S/C16H17ClFN5O/c1-3-4-12(23-19-2)10-24-13-7-5-11(6-8-13)21-15-14(18)9-20-16(17)22-15/h4-9,23H,2-3,10H2,1H3,(H,20,21,22)/b12-4-. The summed E-state index contributed by atoms with van der Waals surface area (Å²) < 4.78 is 19.2. The van der Waals surface area contributed by atoms with Gasteiger partial charge in [0.15, 0.2) is 11.6 Å². The molecule has 0 amide bonds. The molecule has 8 heteroatoms. The van der Waals surface area contributed by atoms with Gasteiger partial charge in [-0.2, -0.15) is 10.1 Å². The van der Waals surface area contributed by atoms with E-state index in [1.807, 2.05) is 13.0 Å². The van der Waals surface area contributed by atoms with Gasteiger partial charge in [0, 0.05) is 12.4 Å². The minimum absolute atomic E-state index is 0.0121. The van der Waals surface area contributed by atoms with Crippen molar-refractivity contribution >= 4 is 29.8 Å². The highest BCUT2D eigenvalue weighted by atomic mass is 35.5. The Bertz CT molecular complexity index is 721. The topological polar surface area (TPSA) is 71.4 Å². The second-order valence-corrected chi connectivity index (χ2v) is 5.02. The number of hydrazone groups is 1. The number of benzene rings is 1. The van der Waals surface area contributed by atoms with Gasteiger partial charge in [-0.25, -0.2) is 9.37 Å². The molecule has 0 bridgehead atoms. The van der Waals surface area contributed by atoms with Crippen molar-refractivity contribution in [2.45, 2.75) is 13.3 Å². The SMILES string of the molecule is C=NN/C(=C\CC)COc1ccc(Nc2nc(Cl)ncc2F)cc1. The van der Waals surface area contributed by atoms with Crippen LogP contribution in [-0.4, -0.2) is 23.3 Å². The van der Waals surface area contributed by atoms with Crippen LogP contribution >= 0.6 is 11.6 Å². The zero-order chi connectivity index (χ0) is 17.4. The number of nitrogens with zero attached hydrogens (tertiary/aromatic N) is 3. The van der Waals surface area contributed by atoms with E-state index in [2.05, 4.69) is 32.5 Å². The molecule has 0 fully saturated rings. The fourth-order valence-electron chi connectivity index (χ4n) is 1.85. The molecule has 24 heavy (non-hydrogen) atoms.